The number of nitrogens with one attached hydrogen (secondary N) is 2. The largest absolute Gasteiger partial charge is 0.374 e. The number of hydrogen-bond acceptors (Lipinski definition) is 3. The fourth-order valence-corrected chi connectivity index (χ4v) is 2.59. The van der Waals surface area contributed by atoms with E-state index in [4.69, 9.17) is 11.6 Å². The minimum atomic E-state index is -0.0665. The van der Waals surface area contributed by atoms with Crippen molar-refractivity contribution in [2.75, 3.05) is 25.5 Å². The van der Waals surface area contributed by atoms with Crippen molar-refractivity contribution < 1.29 is 4.79 Å². The standard InChI is InChI=1S/C16H24ClN3O/c1-11(16(21)18-2)10-20(3)15-8-13(17)5-4-12(15)9-19-14-6-7-14/h4-5,8,11,14,19H,6-7,9-10H2,1-3H3,(H,18,21). The first-order chi connectivity index (χ1) is 10.0. The van der Waals surface area contributed by atoms with Crippen molar-refractivity contribution in [2.45, 2.75) is 32.4 Å². The van der Waals surface area contributed by atoms with Crippen LogP contribution in [-0.4, -0.2) is 32.6 Å². The molecule has 1 aromatic rings. The number of hydrogen-bond donors (Lipinski definition) is 2. The van der Waals surface area contributed by atoms with Gasteiger partial charge >= 0.3 is 0 Å². The van der Waals surface area contributed by atoms with Crippen molar-refractivity contribution in [3.63, 3.8) is 0 Å². The van der Waals surface area contributed by atoms with Gasteiger partial charge in [-0.15, -0.1) is 0 Å². The monoisotopic (exact) mass is 309 g/mol. The van der Waals surface area contributed by atoms with E-state index in [0.717, 1.165) is 17.3 Å². The highest BCUT2D eigenvalue weighted by Gasteiger charge is 2.21. The SMILES string of the molecule is CNC(=O)C(C)CN(C)c1cc(Cl)ccc1CNC1CC1. The topological polar surface area (TPSA) is 44.4 Å². The van der Waals surface area contributed by atoms with Gasteiger partial charge in [-0.3, -0.25) is 4.79 Å². The van der Waals surface area contributed by atoms with Crippen LogP contribution in [0, 0.1) is 5.92 Å². The molecule has 1 aromatic carbocycles. The number of carbonyl (C=O) groups is 1. The lowest BCUT2D eigenvalue weighted by molar-refractivity contribution is -0.123. The van der Waals surface area contributed by atoms with Crippen molar-refractivity contribution >= 4 is 23.2 Å². The zero-order valence-electron chi connectivity index (χ0n) is 12.9. The lowest BCUT2D eigenvalue weighted by atomic mass is 10.1. The molecule has 0 saturated heterocycles. The van der Waals surface area contributed by atoms with Crippen LogP contribution in [0.2, 0.25) is 5.02 Å². The summed E-state index contributed by atoms with van der Waals surface area (Å²) in [4.78, 5) is 13.8. The molecular formula is C16H24ClN3O. The van der Waals surface area contributed by atoms with Gasteiger partial charge in [0.05, 0.1) is 5.92 Å². The Morgan fingerprint density at radius 1 is 1.48 bits per heavy atom. The van der Waals surface area contributed by atoms with Crippen molar-refractivity contribution in [1.82, 2.24) is 10.6 Å². The van der Waals surface area contributed by atoms with Crippen molar-refractivity contribution in [1.29, 1.82) is 0 Å². The Labute approximate surface area is 131 Å². The van der Waals surface area contributed by atoms with Crippen LogP contribution in [0.5, 0.6) is 0 Å². The first kappa shape index (κ1) is 16.1. The third-order valence-electron chi connectivity index (χ3n) is 3.86. The lowest BCUT2D eigenvalue weighted by Gasteiger charge is -2.25. The second kappa shape index (κ2) is 7.14. The summed E-state index contributed by atoms with van der Waals surface area (Å²) in [5, 5.41) is 6.94. The first-order valence-corrected chi connectivity index (χ1v) is 7.83. The Hall–Kier alpha value is -1.26. The summed E-state index contributed by atoms with van der Waals surface area (Å²) in [7, 11) is 3.68. The average molecular weight is 310 g/mol. The van der Waals surface area contributed by atoms with E-state index in [9.17, 15) is 4.79 Å². The van der Waals surface area contributed by atoms with Crippen LogP contribution in [0.1, 0.15) is 25.3 Å². The Kier molecular flexibility index (Phi) is 5.48. The summed E-state index contributed by atoms with van der Waals surface area (Å²) < 4.78 is 0. The molecule has 2 rings (SSSR count). The zero-order valence-corrected chi connectivity index (χ0v) is 13.7. The summed E-state index contributed by atoms with van der Waals surface area (Å²) in [6, 6.07) is 6.63. The molecule has 0 radical (unpaired) electrons. The molecule has 2 N–H and O–H groups in total. The Bertz CT molecular complexity index is 502. The summed E-state index contributed by atoms with van der Waals surface area (Å²) in [5.74, 6) is -0.00948. The number of anilines is 1. The van der Waals surface area contributed by atoms with Crippen LogP contribution in [0.25, 0.3) is 0 Å². The summed E-state index contributed by atoms with van der Waals surface area (Å²) in [6.07, 6.45) is 2.54. The molecule has 1 fully saturated rings. The molecule has 1 aliphatic rings. The van der Waals surface area contributed by atoms with Crippen molar-refractivity contribution in [2.24, 2.45) is 5.92 Å². The molecule has 0 aromatic heterocycles. The van der Waals surface area contributed by atoms with E-state index >= 15 is 0 Å². The molecule has 1 saturated carbocycles. The predicted octanol–water partition coefficient (Wildman–Crippen LogP) is 2.41. The van der Waals surface area contributed by atoms with E-state index < -0.39 is 0 Å². The van der Waals surface area contributed by atoms with Crippen molar-refractivity contribution in [3.8, 4) is 0 Å². The van der Waals surface area contributed by atoms with Gasteiger partial charge in [0, 0.05) is 43.9 Å². The molecule has 1 unspecified atom stereocenters. The number of amides is 1. The van der Waals surface area contributed by atoms with Crippen molar-refractivity contribution in [3.05, 3.63) is 28.8 Å². The van der Waals surface area contributed by atoms with Gasteiger partial charge in [-0.05, 0) is 30.5 Å². The molecule has 0 spiro atoms. The number of benzene rings is 1. The van der Waals surface area contributed by atoms with E-state index in [1.54, 1.807) is 7.05 Å². The molecule has 0 bridgehead atoms. The Morgan fingerprint density at radius 3 is 2.81 bits per heavy atom. The van der Waals surface area contributed by atoms with Gasteiger partial charge in [0.1, 0.15) is 0 Å². The summed E-state index contributed by atoms with van der Waals surface area (Å²) >= 11 is 6.14. The number of rotatable bonds is 7. The van der Waals surface area contributed by atoms with Crippen LogP contribution in [0.15, 0.2) is 18.2 Å². The fraction of sp³-hybridized carbons (Fsp3) is 0.562. The molecule has 0 heterocycles. The van der Waals surface area contributed by atoms with E-state index in [2.05, 4.69) is 21.6 Å². The molecule has 0 aliphatic heterocycles. The summed E-state index contributed by atoms with van der Waals surface area (Å²) in [6.45, 7) is 3.44. The fourth-order valence-electron chi connectivity index (χ4n) is 2.42. The van der Waals surface area contributed by atoms with E-state index in [1.165, 1.54) is 18.4 Å². The van der Waals surface area contributed by atoms with Gasteiger partial charge in [-0.25, -0.2) is 0 Å². The molecule has 116 valence electrons. The third-order valence-corrected chi connectivity index (χ3v) is 4.09. The second-order valence-electron chi connectivity index (χ2n) is 5.82. The van der Waals surface area contributed by atoms with Crippen LogP contribution < -0.4 is 15.5 Å². The van der Waals surface area contributed by atoms with Crippen LogP contribution in [-0.2, 0) is 11.3 Å². The number of carbonyl (C=O) groups excluding carboxylic acids is 1. The van der Waals surface area contributed by atoms with Gasteiger partial charge in [0.25, 0.3) is 0 Å². The highest BCUT2D eigenvalue weighted by molar-refractivity contribution is 6.30. The first-order valence-electron chi connectivity index (χ1n) is 7.45. The minimum absolute atomic E-state index is 0.0570. The van der Waals surface area contributed by atoms with Gasteiger partial charge in [0.15, 0.2) is 0 Å². The molecule has 1 amide bonds. The van der Waals surface area contributed by atoms with Crippen LogP contribution in [0.3, 0.4) is 0 Å². The maximum Gasteiger partial charge on any atom is 0.224 e. The molecule has 5 heteroatoms. The Morgan fingerprint density at radius 2 is 2.19 bits per heavy atom. The highest BCUT2D eigenvalue weighted by atomic mass is 35.5. The van der Waals surface area contributed by atoms with Crippen LogP contribution >= 0.6 is 11.6 Å². The van der Waals surface area contributed by atoms with E-state index in [0.29, 0.717) is 12.6 Å². The summed E-state index contributed by atoms with van der Waals surface area (Å²) in [5.41, 5.74) is 2.31. The highest BCUT2D eigenvalue weighted by Crippen LogP contribution is 2.26. The maximum absolute atomic E-state index is 11.7. The lowest BCUT2D eigenvalue weighted by Crippen LogP contribution is -2.35. The molecule has 21 heavy (non-hydrogen) atoms. The van der Waals surface area contributed by atoms with Gasteiger partial charge in [-0.2, -0.15) is 0 Å². The molecular weight excluding hydrogens is 286 g/mol. The third kappa shape index (κ3) is 4.61. The van der Waals surface area contributed by atoms with E-state index in [-0.39, 0.29) is 11.8 Å². The molecule has 1 atom stereocenters. The predicted molar refractivity (Wildman–Crippen MR) is 87.8 cm³/mol. The smallest absolute Gasteiger partial charge is 0.224 e. The van der Waals surface area contributed by atoms with E-state index in [1.807, 2.05) is 26.1 Å². The maximum atomic E-state index is 11.7. The van der Waals surface area contributed by atoms with Gasteiger partial charge in [-0.1, -0.05) is 24.6 Å². The normalized spacial score (nSPS) is 15.6. The van der Waals surface area contributed by atoms with Gasteiger partial charge in [0.2, 0.25) is 5.91 Å². The molecule has 4 nitrogen and oxygen atoms in total. The number of halogens is 1. The van der Waals surface area contributed by atoms with Crippen LogP contribution in [0.4, 0.5) is 5.69 Å². The second-order valence-corrected chi connectivity index (χ2v) is 6.26. The number of nitrogens with zero attached hydrogens (tertiary/aromatic N) is 1. The zero-order chi connectivity index (χ0) is 15.4. The quantitative estimate of drug-likeness (QED) is 0.813. The van der Waals surface area contributed by atoms with Gasteiger partial charge < -0.3 is 15.5 Å². The average Bonchev–Trinajstić information content (AvgIpc) is 3.29. The Balaban J connectivity index is 2.07. The minimum Gasteiger partial charge on any atom is -0.374 e. The molecule has 1 aliphatic carbocycles.